The molecule has 0 aromatic carbocycles. The molecule has 0 aliphatic carbocycles. The first kappa shape index (κ1) is 12.4. The third kappa shape index (κ3) is 2.55. The van der Waals surface area contributed by atoms with Crippen LogP contribution in [0.1, 0.15) is 10.6 Å². The lowest BCUT2D eigenvalue weighted by atomic mass is 10.3. The Kier molecular flexibility index (Phi) is 3.22. The van der Waals surface area contributed by atoms with Gasteiger partial charge in [-0.15, -0.1) is 0 Å². The van der Waals surface area contributed by atoms with Gasteiger partial charge in [-0.25, -0.2) is 9.67 Å². The molecule has 3 rings (SSSR count). The van der Waals surface area contributed by atoms with Gasteiger partial charge in [0.15, 0.2) is 11.6 Å². The zero-order valence-corrected chi connectivity index (χ0v) is 10.9. The Hall–Kier alpha value is -2.60. The van der Waals surface area contributed by atoms with Crippen LogP contribution < -0.4 is 5.32 Å². The number of amides is 1. The molecule has 1 amide bonds. The molecule has 7 heteroatoms. The number of carbonyl (C=O) groups excluding carboxylic acids is 1. The van der Waals surface area contributed by atoms with Crippen molar-refractivity contribution < 1.29 is 9.21 Å². The van der Waals surface area contributed by atoms with Crippen LogP contribution >= 0.6 is 11.6 Å². The van der Waals surface area contributed by atoms with Crippen molar-refractivity contribution in [2.24, 2.45) is 0 Å². The van der Waals surface area contributed by atoms with E-state index in [-0.39, 0.29) is 11.7 Å². The number of rotatable bonds is 3. The highest BCUT2D eigenvalue weighted by Crippen LogP contribution is 2.13. The summed E-state index contributed by atoms with van der Waals surface area (Å²) in [6, 6.07) is 6.68. The number of anilines is 1. The van der Waals surface area contributed by atoms with E-state index in [1.165, 1.54) is 18.7 Å². The number of halogens is 1. The molecule has 0 spiro atoms. The Balaban J connectivity index is 1.75. The lowest BCUT2D eigenvalue weighted by molar-refractivity contribution is 0.0996. The molecular formula is C13H9ClN4O2. The summed E-state index contributed by atoms with van der Waals surface area (Å²) < 4.78 is 6.54. The summed E-state index contributed by atoms with van der Waals surface area (Å²) in [6.45, 7) is 0. The number of hydrogen-bond donors (Lipinski definition) is 1. The Morgan fingerprint density at radius 2 is 2.20 bits per heavy atom. The highest BCUT2D eigenvalue weighted by Gasteiger charge is 2.09. The first-order chi connectivity index (χ1) is 9.72. The van der Waals surface area contributed by atoms with Gasteiger partial charge in [0.1, 0.15) is 0 Å². The molecule has 3 heterocycles. The number of furan rings is 1. The fraction of sp³-hybridized carbons (Fsp3) is 0. The van der Waals surface area contributed by atoms with E-state index < -0.39 is 0 Å². The predicted octanol–water partition coefficient (Wildman–Crippen LogP) is 2.77. The molecule has 0 aliphatic heterocycles. The van der Waals surface area contributed by atoms with E-state index in [4.69, 9.17) is 16.0 Å². The second-order valence-electron chi connectivity index (χ2n) is 3.94. The molecule has 0 bridgehead atoms. The van der Waals surface area contributed by atoms with E-state index >= 15 is 0 Å². The van der Waals surface area contributed by atoms with Gasteiger partial charge >= 0.3 is 0 Å². The van der Waals surface area contributed by atoms with Crippen LogP contribution in [0.2, 0.25) is 5.02 Å². The van der Waals surface area contributed by atoms with Gasteiger partial charge in [-0.2, -0.15) is 5.10 Å². The van der Waals surface area contributed by atoms with Crippen molar-refractivity contribution in [3.63, 3.8) is 0 Å². The fourth-order valence-electron chi connectivity index (χ4n) is 1.62. The van der Waals surface area contributed by atoms with Crippen molar-refractivity contribution in [1.29, 1.82) is 0 Å². The fourth-order valence-corrected chi connectivity index (χ4v) is 1.76. The predicted molar refractivity (Wildman–Crippen MR) is 73.0 cm³/mol. The van der Waals surface area contributed by atoms with Crippen LogP contribution in [0, 0.1) is 0 Å². The molecule has 3 aromatic rings. The second kappa shape index (κ2) is 5.18. The third-order valence-electron chi connectivity index (χ3n) is 2.54. The van der Waals surface area contributed by atoms with Gasteiger partial charge < -0.3 is 9.73 Å². The smallest absolute Gasteiger partial charge is 0.291 e. The van der Waals surface area contributed by atoms with Crippen molar-refractivity contribution in [1.82, 2.24) is 14.8 Å². The summed E-state index contributed by atoms with van der Waals surface area (Å²) in [4.78, 5) is 16.0. The van der Waals surface area contributed by atoms with Crippen molar-refractivity contribution in [2.45, 2.75) is 0 Å². The highest BCUT2D eigenvalue weighted by molar-refractivity contribution is 6.30. The molecule has 6 nitrogen and oxygen atoms in total. The third-order valence-corrected chi connectivity index (χ3v) is 2.73. The number of nitrogens with one attached hydrogen (secondary N) is 1. The summed E-state index contributed by atoms with van der Waals surface area (Å²) in [5.41, 5.74) is 0.563. The topological polar surface area (TPSA) is 73.0 Å². The Labute approximate surface area is 119 Å². The van der Waals surface area contributed by atoms with Gasteiger partial charge in [-0.05, 0) is 24.3 Å². The normalized spacial score (nSPS) is 10.4. The van der Waals surface area contributed by atoms with Gasteiger partial charge in [0.05, 0.1) is 35.6 Å². The van der Waals surface area contributed by atoms with E-state index in [9.17, 15) is 4.79 Å². The van der Waals surface area contributed by atoms with Crippen LogP contribution in [0.4, 0.5) is 5.69 Å². The number of carbonyl (C=O) groups is 1. The molecule has 0 atom stereocenters. The Morgan fingerprint density at radius 3 is 2.80 bits per heavy atom. The van der Waals surface area contributed by atoms with Crippen molar-refractivity contribution in [3.8, 4) is 5.82 Å². The summed E-state index contributed by atoms with van der Waals surface area (Å²) >= 11 is 5.79. The van der Waals surface area contributed by atoms with Crippen LogP contribution in [-0.4, -0.2) is 20.7 Å². The van der Waals surface area contributed by atoms with Gasteiger partial charge in [-0.3, -0.25) is 4.79 Å². The summed E-state index contributed by atoms with van der Waals surface area (Å²) in [7, 11) is 0. The Bertz CT molecular complexity index is 719. The molecule has 0 unspecified atom stereocenters. The minimum absolute atomic E-state index is 0.243. The molecule has 0 saturated heterocycles. The monoisotopic (exact) mass is 288 g/mol. The van der Waals surface area contributed by atoms with E-state index in [1.54, 1.807) is 35.1 Å². The molecule has 100 valence electrons. The molecule has 20 heavy (non-hydrogen) atoms. The van der Waals surface area contributed by atoms with Crippen molar-refractivity contribution >= 4 is 23.2 Å². The van der Waals surface area contributed by atoms with Crippen molar-refractivity contribution in [2.75, 3.05) is 5.32 Å². The first-order valence-corrected chi connectivity index (χ1v) is 6.11. The average Bonchev–Trinajstić information content (AvgIpc) is 3.10. The summed E-state index contributed by atoms with van der Waals surface area (Å²) in [5.74, 6) is 0.521. The maximum Gasteiger partial charge on any atom is 0.291 e. The second-order valence-corrected chi connectivity index (χ2v) is 4.38. The standard InChI is InChI=1S/C13H9ClN4O2/c14-9-6-16-18(8-9)12-4-3-10(7-15-12)17-13(19)11-2-1-5-20-11/h1-8H,(H,17,19). The quantitative estimate of drug-likeness (QED) is 0.804. The highest BCUT2D eigenvalue weighted by atomic mass is 35.5. The maximum absolute atomic E-state index is 11.8. The number of hydrogen-bond acceptors (Lipinski definition) is 4. The lowest BCUT2D eigenvalue weighted by Crippen LogP contribution is -2.11. The summed E-state index contributed by atoms with van der Waals surface area (Å²) in [6.07, 6.45) is 6.14. The van der Waals surface area contributed by atoms with Crippen LogP contribution in [0.25, 0.3) is 5.82 Å². The van der Waals surface area contributed by atoms with Crippen LogP contribution in [0.3, 0.4) is 0 Å². The van der Waals surface area contributed by atoms with Crippen LogP contribution in [-0.2, 0) is 0 Å². The Morgan fingerprint density at radius 1 is 1.30 bits per heavy atom. The van der Waals surface area contributed by atoms with Crippen molar-refractivity contribution in [3.05, 3.63) is 59.9 Å². The minimum atomic E-state index is -0.327. The largest absolute Gasteiger partial charge is 0.459 e. The molecule has 0 aliphatic rings. The van der Waals surface area contributed by atoms with E-state index in [0.717, 1.165) is 0 Å². The van der Waals surface area contributed by atoms with E-state index in [2.05, 4.69) is 15.4 Å². The van der Waals surface area contributed by atoms with E-state index in [0.29, 0.717) is 16.5 Å². The summed E-state index contributed by atoms with van der Waals surface area (Å²) in [5, 5.41) is 7.24. The zero-order valence-electron chi connectivity index (χ0n) is 10.2. The number of pyridine rings is 1. The minimum Gasteiger partial charge on any atom is -0.459 e. The maximum atomic E-state index is 11.8. The average molecular weight is 289 g/mol. The van der Waals surface area contributed by atoms with Crippen LogP contribution in [0.15, 0.2) is 53.5 Å². The molecule has 0 saturated carbocycles. The molecule has 3 aromatic heterocycles. The number of aromatic nitrogens is 3. The van der Waals surface area contributed by atoms with Gasteiger partial charge in [0.2, 0.25) is 0 Å². The van der Waals surface area contributed by atoms with Gasteiger partial charge in [-0.1, -0.05) is 11.6 Å². The molecule has 0 fully saturated rings. The molecular weight excluding hydrogens is 280 g/mol. The zero-order chi connectivity index (χ0) is 13.9. The SMILES string of the molecule is O=C(Nc1ccc(-n2cc(Cl)cn2)nc1)c1ccco1. The van der Waals surface area contributed by atoms with E-state index in [1.807, 2.05) is 0 Å². The van der Waals surface area contributed by atoms with Gasteiger partial charge in [0.25, 0.3) is 5.91 Å². The molecule has 0 radical (unpaired) electrons. The number of nitrogens with zero attached hydrogens (tertiary/aromatic N) is 3. The molecule has 1 N–H and O–H groups in total. The first-order valence-electron chi connectivity index (χ1n) is 5.74. The van der Waals surface area contributed by atoms with Crippen LogP contribution in [0.5, 0.6) is 0 Å². The van der Waals surface area contributed by atoms with Gasteiger partial charge in [0, 0.05) is 0 Å². The lowest BCUT2D eigenvalue weighted by Gasteiger charge is -2.04.